The van der Waals surface area contributed by atoms with E-state index in [0.717, 1.165) is 11.1 Å². The lowest BCUT2D eigenvalue weighted by Crippen LogP contribution is -2.09. The number of para-hydroxylation sites is 2. The van der Waals surface area contributed by atoms with E-state index < -0.39 is 12.6 Å². The number of rotatable bonds is 4. The fourth-order valence-electron chi connectivity index (χ4n) is 2.39. The second kappa shape index (κ2) is 6.89. The zero-order valence-corrected chi connectivity index (χ0v) is 13.5. The number of nitrogens with zero attached hydrogens (tertiary/aromatic N) is 2. The van der Waals surface area contributed by atoms with Crippen molar-refractivity contribution in [3.05, 3.63) is 71.2 Å². The largest absolute Gasteiger partial charge is 0.507 e. The molecule has 0 atom stereocenters. The molecule has 1 aromatic heterocycles. The zero-order valence-electron chi connectivity index (χ0n) is 13.5. The number of allylic oxidation sites excluding steroid dienone is 1. The number of ether oxygens (including phenoxy) is 1. The molecule has 3 aromatic rings. The van der Waals surface area contributed by atoms with Gasteiger partial charge in [0.1, 0.15) is 18.2 Å². The van der Waals surface area contributed by atoms with E-state index in [1.54, 1.807) is 24.3 Å². The number of hydrogen-bond acceptors (Lipinski definition) is 5. The van der Waals surface area contributed by atoms with Gasteiger partial charge in [0.15, 0.2) is 11.6 Å². The van der Waals surface area contributed by atoms with Crippen molar-refractivity contribution >= 4 is 22.6 Å². The van der Waals surface area contributed by atoms with E-state index in [1.807, 2.05) is 37.3 Å². The lowest BCUT2D eigenvalue weighted by molar-refractivity contribution is 0.0502. The summed E-state index contributed by atoms with van der Waals surface area (Å²) in [5.74, 6) is -0.701. The van der Waals surface area contributed by atoms with Crippen molar-refractivity contribution in [3.63, 3.8) is 0 Å². The van der Waals surface area contributed by atoms with Gasteiger partial charge in [-0.25, -0.2) is 9.78 Å². The van der Waals surface area contributed by atoms with Crippen molar-refractivity contribution < 1.29 is 14.6 Å². The van der Waals surface area contributed by atoms with E-state index in [1.165, 1.54) is 0 Å². The normalized spacial score (nSPS) is 11.7. The Morgan fingerprint density at radius 3 is 2.80 bits per heavy atom. The SMILES string of the molecule is Cc1cccc(C(=O)OC/C(O)=C(\C#N)c2nc3ccccc3[nH]2)c1. The molecule has 0 radical (unpaired) electrons. The van der Waals surface area contributed by atoms with Gasteiger partial charge in [0.05, 0.1) is 16.6 Å². The average Bonchev–Trinajstić information content (AvgIpc) is 3.03. The van der Waals surface area contributed by atoms with E-state index in [0.29, 0.717) is 11.1 Å². The summed E-state index contributed by atoms with van der Waals surface area (Å²) in [6, 6.07) is 16.1. The Morgan fingerprint density at radius 1 is 1.28 bits per heavy atom. The highest BCUT2D eigenvalue weighted by Gasteiger charge is 2.15. The molecule has 0 unspecified atom stereocenters. The first-order valence-corrected chi connectivity index (χ1v) is 7.59. The Kier molecular flexibility index (Phi) is 4.48. The molecule has 3 rings (SSSR count). The molecule has 0 fully saturated rings. The van der Waals surface area contributed by atoms with Crippen LogP contribution in [0.1, 0.15) is 21.7 Å². The second-order valence-corrected chi connectivity index (χ2v) is 5.48. The molecule has 0 saturated carbocycles. The summed E-state index contributed by atoms with van der Waals surface area (Å²) in [5.41, 5.74) is 2.67. The van der Waals surface area contributed by atoms with Gasteiger partial charge in [-0.2, -0.15) is 5.26 Å². The van der Waals surface area contributed by atoms with Crippen LogP contribution in [0.15, 0.2) is 54.3 Å². The first kappa shape index (κ1) is 16.3. The third-order valence-corrected chi connectivity index (χ3v) is 3.62. The minimum absolute atomic E-state index is 0.0618. The molecule has 0 aliphatic carbocycles. The maximum atomic E-state index is 12.0. The molecular weight excluding hydrogens is 318 g/mol. The third kappa shape index (κ3) is 3.51. The summed E-state index contributed by atoms with van der Waals surface area (Å²) < 4.78 is 5.08. The van der Waals surface area contributed by atoms with Gasteiger partial charge < -0.3 is 14.8 Å². The number of aryl methyl sites for hydroxylation is 1. The summed E-state index contributed by atoms with van der Waals surface area (Å²) >= 11 is 0. The Bertz CT molecular complexity index is 979. The third-order valence-electron chi connectivity index (χ3n) is 3.62. The van der Waals surface area contributed by atoms with E-state index in [2.05, 4.69) is 9.97 Å². The van der Waals surface area contributed by atoms with Crippen molar-refractivity contribution in [2.75, 3.05) is 6.61 Å². The van der Waals surface area contributed by atoms with Crippen LogP contribution >= 0.6 is 0 Å². The monoisotopic (exact) mass is 333 g/mol. The van der Waals surface area contributed by atoms with Gasteiger partial charge in [-0.1, -0.05) is 29.8 Å². The molecule has 0 spiro atoms. The molecular formula is C19H15N3O3. The second-order valence-electron chi connectivity index (χ2n) is 5.48. The number of carbonyl (C=O) groups excluding carboxylic acids is 1. The van der Waals surface area contributed by atoms with Crippen LogP contribution in [0.2, 0.25) is 0 Å². The Morgan fingerprint density at radius 2 is 2.08 bits per heavy atom. The summed E-state index contributed by atoms with van der Waals surface area (Å²) in [4.78, 5) is 19.3. The maximum Gasteiger partial charge on any atom is 0.338 e. The molecule has 0 aliphatic rings. The van der Waals surface area contributed by atoms with Crippen LogP contribution in [0.3, 0.4) is 0 Å². The molecule has 6 heteroatoms. The number of nitrogens with one attached hydrogen (secondary N) is 1. The number of benzene rings is 2. The van der Waals surface area contributed by atoms with Crippen molar-refractivity contribution in [2.45, 2.75) is 6.92 Å². The standard InChI is InChI=1S/C19H15N3O3/c1-12-5-4-6-13(9-12)19(24)25-11-17(23)14(10-20)18-21-15-7-2-3-8-16(15)22-18/h2-9,23H,11H2,1H3,(H,21,22)/b17-14-. The van der Waals surface area contributed by atoms with Gasteiger partial charge in [-0.3, -0.25) is 0 Å². The number of aliphatic hydroxyl groups excluding tert-OH is 1. The average molecular weight is 333 g/mol. The van der Waals surface area contributed by atoms with Crippen LogP contribution < -0.4 is 0 Å². The fourth-order valence-corrected chi connectivity index (χ4v) is 2.39. The van der Waals surface area contributed by atoms with E-state index in [-0.39, 0.29) is 17.2 Å². The summed E-state index contributed by atoms with van der Waals surface area (Å²) in [6.07, 6.45) is 0. The number of esters is 1. The van der Waals surface area contributed by atoms with Gasteiger partial charge in [0, 0.05) is 0 Å². The van der Waals surface area contributed by atoms with Gasteiger partial charge in [0.2, 0.25) is 0 Å². The predicted molar refractivity (Wildman–Crippen MR) is 92.7 cm³/mol. The topological polar surface area (TPSA) is 99.0 Å². The zero-order chi connectivity index (χ0) is 17.8. The number of H-pyrrole nitrogens is 1. The highest BCUT2D eigenvalue weighted by Crippen LogP contribution is 2.19. The Labute approximate surface area is 144 Å². The first-order valence-electron chi connectivity index (χ1n) is 7.59. The van der Waals surface area contributed by atoms with Gasteiger partial charge >= 0.3 is 5.97 Å². The molecule has 6 nitrogen and oxygen atoms in total. The molecule has 2 aromatic carbocycles. The van der Waals surface area contributed by atoms with Crippen LogP contribution in [-0.2, 0) is 4.74 Å². The molecule has 0 saturated heterocycles. The Hall–Kier alpha value is -3.59. The highest BCUT2D eigenvalue weighted by molar-refractivity contribution is 5.90. The molecule has 0 aliphatic heterocycles. The minimum atomic E-state index is -0.572. The quantitative estimate of drug-likeness (QED) is 0.432. The molecule has 0 amide bonds. The summed E-state index contributed by atoms with van der Waals surface area (Å²) in [7, 11) is 0. The van der Waals surface area contributed by atoms with Crippen LogP contribution in [0.4, 0.5) is 0 Å². The molecule has 2 N–H and O–H groups in total. The number of aromatic nitrogens is 2. The van der Waals surface area contributed by atoms with E-state index in [4.69, 9.17) is 4.74 Å². The van der Waals surface area contributed by atoms with Crippen molar-refractivity contribution in [3.8, 4) is 6.07 Å². The number of aromatic amines is 1. The van der Waals surface area contributed by atoms with E-state index in [9.17, 15) is 15.2 Å². The summed E-state index contributed by atoms with van der Waals surface area (Å²) in [5, 5.41) is 19.5. The number of fused-ring (bicyclic) bond motifs is 1. The predicted octanol–water partition coefficient (Wildman–Crippen LogP) is 3.52. The van der Waals surface area contributed by atoms with Crippen molar-refractivity contribution in [1.29, 1.82) is 5.26 Å². The van der Waals surface area contributed by atoms with Crippen molar-refractivity contribution in [2.24, 2.45) is 0 Å². The summed E-state index contributed by atoms with van der Waals surface area (Å²) in [6.45, 7) is 1.45. The number of imidazole rings is 1. The Balaban J connectivity index is 1.80. The lowest BCUT2D eigenvalue weighted by Gasteiger charge is -2.06. The number of carbonyl (C=O) groups is 1. The smallest absolute Gasteiger partial charge is 0.338 e. The van der Waals surface area contributed by atoms with Crippen LogP contribution in [0.25, 0.3) is 16.6 Å². The van der Waals surface area contributed by atoms with Crippen LogP contribution in [-0.4, -0.2) is 27.7 Å². The van der Waals surface area contributed by atoms with Crippen LogP contribution in [0.5, 0.6) is 0 Å². The maximum absolute atomic E-state index is 12.0. The number of nitriles is 1. The molecule has 25 heavy (non-hydrogen) atoms. The first-order chi connectivity index (χ1) is 12.1. The fraction of sp³-hybridized carbons (Fsp3) is 0.105. The lowest BCUT2D eigenvalue weighted by atomic mass is 10.1. The number of aliphatic hydroxyl groups is 1. The highest BCUT2D eigenvalue weighted by atomic mass is 16.5. The van der Waals surface area contributed by atoms with Crippen molar-refractivity contribution in [1.82, 2.24) is 9.97 Å². The molecule has 1 heterocycles. The molecule has 124 valence electrons. The number of hydrogen-bond donors (Lipinski definition) is 2. The van der Waals surface area contributed by atoms with Gasteiger partial charge in [0.25, 0.3) is 0 Å². The van der Waals surface area contributed by atoms with Crippen LogP contribution in [0, 0.1) is 18.3 Å². The molecule has 0 bridgehead atoms. The van der Waals surface area contributed by atoms with Gasteiger partial charge in [-0.15, -0.1) is 0 Å². The minimum Gasteiger partial charge on any atom is -0.507 e. The van der Waals surface area contributed by atoms with E-state index >= 15 is 0 Å². The van der Waals surface area contributed by atoms with Gasteiger partial charge in [-0.05, 0) is 31.2 Å².